The normalized spacial score (nSPS) is 16.6. The van der Waals surface area contributed by atoms with E-state index in [0.717, 1.165) is 25.9 Å². The lowest BCUT2D eigenvalue weighted by Gasteiger charge is -2.19. The second-order valence-electron chi connectivity index (χ2n) is 7.43. The first-order chi connectivity index (χ1) is 12.0. The van der Waals surface area contributed by atoms with Crippen molar-refractivity contribution in [3.05, 3.63) is 0 Å². The van der Waals surface area contributed by atoms with Gasteiger partial charge >= 0.3 is 0 Å². The summed E-state index contributed by atoms with van der Waals surface area (Å²) in [5, 5.41) is 10.3. The Morgan fingerprint density at radius 1 is 0.960 bits per heavy atom. The minimum Gasteiger partial charge on any atom is -0.390 e. The van der Waals surface area contributed by atoms with Gasteiger partial charge in [-0.3, -0.25) is 0 Å². The highest BCUT2D eigenvalue weighted by atomic mass is 32.2. The minimum absolute atomic E-state index is 0.253. The van der Waals surface area contributed by atoms with Gasteiger partial charge in [0, 0.05) is 17.6 Å². The molecule has 152 valence electrons. The van der Waals surface area contributed by atoms with Crippen LogP contribution in [-0.2, 0) is 4.74 Å². The summed E-state index contributed by atoms with van der Waals surface area (Å²) in [4.78, 5) is 0. The van der Waals surface area contributed by atoms with Gasteiger partial charge in [0.2, 0.25) is 0 Å². The lowest BCUT2D eigenvalue weighted by Crippen LogP contribution is -2.22. The van der Waals surface area contributed by atoms with Gasteiger partial charge in [-0.25, -0.2) is 4.39 Å². The molecule has 0 radical (unpaired) electrons. The summed E-state index contributed by atoms with van der Waals surface area (Å²) in [5.74, 6) is 1.24. The first-order valence-electron chi connectivity index (χ1n) is 10.5. The lowest BCUT2D eigenvalue weighted by atomic mass is 10.0. The molecule has 0 saturated carbocycles. The summed E-state index contributed by atoms with van der Waals surface area (Å²) in [5.41, 5.74) is 0. The van der Waals surface area contributed by atoms with Crippen LogP contribution in [-0.4, -0.2) is 41.6 Å². The van der Waals surface area contributed by atoms with Crippen LogP contribution in [0.25, 0.3) is 0 Å². The molecule has 0 heterocycles. The predicted octanol–water partition coefficient (Wildman–Crippen LogP) is 6.40. The zero-order valence-electron chi connectivity index (χ0n) is 17.1. The molecule has 2 nitrogen and oxygen atoms in total. The molecule has 0 bridgehead atoms. The Balaban J connectivity index is 3.70. The molecular weight excluding hydrogens is 335 g/mol. The first-order valence-corrected chi connectivity index (χ1v) is 11.6. The quantitative estimate of drug-likeness (QED) is 0.280. The molecule has 1 N–H and O–H groups in total. The van der Waals surface area contributed by atoms with E-state index in [1.165, 1.54) is 32.1 Å². The van der Waals surface area contributed by atoms with E-state index < -0.39 is 12.3 Å². The van der Waals surface area contributed by atoms with Crippen LogP contribution < -0.4 is 0 Å². The molecule has 0 aromatic heterocycles. The van der Waals surface area contributed by atoms with Crippen LogP contribution in [0.15, 0.2) is 0 Å². The van der Waals surface area contributed by atoms with Gasteiger partial charge in [-0.15, -0.1) is 0 Å². The second kappa shape index (κ2) is 17.6. The molecule has 25 heavy (non-hydrogen) atoms. The molecule has 0 fully saturated rings. The van der Waals surface area contributed by atoms with Crippen molar-refractivity contribution in [2.45, 2.75) is 109 Å². The summed E-state index contributed by atoms with van der Waals surface area (Å²) >= 11 is 1.67. The van der Waals surface area contributed by atoms with Crippen LogP contribution in [0, 0.1) is 5.92 Å². The number of thioether (sulfide) groups is 1. The van der Waals surface area contributed by atoms with Crippen molar-refractivity contribution in [2.75, 3.05) is 19.0 Å². The van der Waals surface area contributed by atoms with Gasteiger partial charge in [0.25, 0.3) is 0 Å². The topological polar surface area (TPSA) is 29.5 Å². The molecule has 0 aliphatic carbocycles. The molecule has 0 aliphatic rings. The monoisotopic (exact) mass is 378 g/mol. The van der Waals surface area contributed by atoms with Gasteiger partial charge in [-0.2, -0.15) is 11.8 Å². The van der Waals surface area contributed by atoms with Crippen molar-refractivity contribution in [1.29, 1.82) is 0 Å². The van der Waals surface area contributed by atoms with E-state index in [1.54, 1.807) is 11.8 Å². The van der Waals surface area contributed by atoms with E-state index in [9.17, 15) is 9.50 Å². The van der Waals surface area contributed by atoms with Crippen LogP contribution >= 0.6 is 11.8 Å². The second-order valence-corrected chi connectivity index (χ2v) is 8.91. The van der Waals surface area contributed by atoms with E-state index in [1.807, 2.05) is 0 Å². The Kier molecular flexibility index (Phi) is 17.7. The highest BCUT2D eigenvalue weighted by Crippen LogP contribution is 2.21. The Hall–Kier alpha value is 0.200. The maximum atomic E-state index is 13.9. The van der Waals surface area contributed by atoms with E-state index in [2.05, 4.69) is 27.7 Å². The summed E-state index contributed by atoms with van der Waals surface area (Å²) < 4.78 is 19.6. The van der Waals surface area contributed by atoms with Crippen LogP contribution in [0.4, 0.5) is 4.39 Å². The number of ether oxygens (including phenoxy) is 1. The van der Waals surface area contributed by atoms with Crippen LogP contribution in [0.1, 0.15) is 91.9 Å². The molecule has 4 atom stereocenters. The molecule has 0 saturated heterocycles. The Labute approximate surface area is 160 Å². The molecule has 0 amide bonds. The molecule has 4 heteroatoms. The SMILES string of the molecule is CCCCCCC(F)CC(C)SCC(O)COCC(CC)CCCC. The molecule has 0 spiro atoms. The zero-order valence-corrected chi connectivity index (χ0v) is 18.0. The third-order valence-corrected chi connectivity index (χ3v) is 6.08. The van der Waals surface area contributed by atoms with Crippen molar-refractivity contribution in [1.82, 2.24) is 0 Å². The van der Waals surface area contributed by atoms with Crippen LogP contribution in [0.2, 0.25) is 0 Å². The number of halogens is 1. The zero-order chi connectivity index (χ0) is 18.9. The summed E-state index contributed by atoms with van der Waals surface area (Å²) in [6.07, 6.45) is 9.51. The van der Waals surface area contributed by atoms with Crippen molar-refractivity contribution >= 4 is 11.8 Å². The third-order valence-electron chi connectivity index (χ3n) is 4.74. The molecule has 0 aliphatic heterocycles. The fourth-order valence-corrected chi connectivity index (χ4v) is 3.92. The van der Waals surface area contributed by atoms with E-state index in [4.69, 9.17) is 4.74 Å². The third kappa shape index (κ3) is 16.1. The highest BCUT2D eigenvalue weighted by Gasteiger charge is 2.15. The van der Waals surface area contributed by atoms with Gasteiger partial charge in [0.05, 0.1) is 12.7 Å². The first kappa shape index (κ1) is 25.2. The minimum atomic E-state index is -0.698. The Morgan fingerprint density at radius 3 is 2.32 bits per heavy atom. The van der Waals surface area contributed by atoms with Gasteiger partial charge in [0.1, 0.15) is 6.17 Å². The van der Waals surface area contributed by atoms with E-state index in [0.29, 0.717) is 31.1 Å². The fourth-order valence-electron chi connectivity index (χ4n) is 2.93. The molecule has 4 unspecified atom stereocenters. The highest BCUT2D eigenvalue weighted by molar-refractivity contribution is 7.99. The number of alkyl halides is 1. The number of rotatable bonds is 18. The maximum absolute atomic E-state index is 13.9. The average molecular weight is 379 g/mol. The fraction of sp³-hybridized carbons (Fsp3) is 1.00. The number of hydrogen-bond acceptors (Lipinski definition) is 3. The number of aliphatic hydroxyl groups excluding tert-OH is 1. The van der Waals surface area contributed by atoms with Crippen molar-refractivity contribution < 1.29 is 14.2 Å². The molecule has 0 rings (SSSR count). The smallest absolute Gasteiger partial charge is 0.101 e. The number of aliphatic hydroxyl groups is 1. The van der Waals surface area contributed by atoms with E-state index >= 15 is 0 Å². The Morgan fingerprint density at radius 2 is 1.68 bits per heavy atom. The molecule has 0 aromatic rings. The van der Waals surface area contributed by atoms with Gasteiger partial charge in [0.15, 0.2) is 0 Å². The lowest BCUT2D eigenvalue weighted by molar-refractivity contribution is 0.0287. The molecular formula is C21H43FO2S. The summed E-state index contributed by atoms with van der Waals surface area (Å²) in [6.45, 7) is 9.80. The number of hydrogen-bond donors (Lipinski definition) is 1. The van der Waals surface area contributed by atoms with Gasteiger partial charge in [-0.05, 0) is 25.2 Å². The van der Waals surface area contributed by atoms with Crippen molar-refractivity contribution in [3.8, 4) is 0 Å². The number of unbranched alkanes of at least 4 members (excludes halogenated alkanes) is 4. The van der Waals surface area contributed by atoms with Crippen LogP contribution in [0.3, 0.4) is 0 Å². The predicted molar refractivity (Wildman–Crippen MR) is 110 cm³/mol. The average Bonchev–Trinajstić information content (AvgIpc) is 2.59. The molecule has 0 aromatic carbocycles. The Bertz CT molecular complexity index is 279. The van der Waals surface area contributed by atoms with Crippen molar-refractivity contribution in [2.24, 2.45) is 5.92 Å². The van der Waals surface area contributed by atoms with Crippen LogP contribution in [0.5, 0.6) is 0 Å². The maximum Gasteiger partial charge on any atom is 0.101 e. The largest absolute Gasteiger partial charge is 0.390 e. The summed E-state index contributed by atoms with van der Waals surface area (Å²) in [6, 6.07) is 0. The van der Waals surface area contributed by atoms with Gasteiger partial charge in [-0.1, -0.05) is 72.6 Å². The summed E-state index contributed by atoms with van der Waals surface area (Å²) in [7, 11) is 0. The van der Waals surface area contributed by atoms with Gasteiger partial charge < -0.3 is 9.84 Å². The van der Waals surface area contributed by atoms with Crippen molar-refractivity contribution in [3.63, 3.8) is 0 Å². The standard InChI is InChI=1S/C21H43FO2S/c1-5-8-10-11-13-20(22)14-18(4)25-17-21(23)16-24-15-19(7-3)12-9-6-2/h18-21,23H,5-17H2,1-4H3. The van der Waals surface area contributed by atoms with E-state index in [-0.39, 0.29) is 5.25 Å².